The van der Waals surface area contributed by atoms with Crippen LogP contribution < -0.4 is 0 Å². The molecule has 4 heteroatoms. The molecular weight excluding hydrogens is 190 g/mol. The third-order valence-corrected chi connectivity index (χ3v) is 2.31. The van der Waals surface area contributed by atoms with E-state index >= 15 is 0 Å². The van der Waals surface area contributed by atoms with Gasteiger partial charge in [-0.15, -0.1) is 0 Å². The summed E-state index contributed by atoms with van der Waals surface area (Å²) in [5.41, 5.74) is 1.70. The highest BCUT2D eigenvalue weighted by atomic mass is 16.3. The fraction of sp³-hybridized carbons (Fsp3) is 0.0909. The van der Waals surface area contributed by atoms with Crippen molar-refractivity contribution in [2.45, 2.75) is 6.92 Å². The minimum atomic E-state index is 0.744. The molecule has 15 heavy (non-hydrogen) atoms. The predicted octanol–water partition coefficient (Wildman–Crippen LogP) is 2.32. The summed E-state index contributed by atoms with van der Waals surface area (Å²) < 4.78 is 7.25. The third kappa shape index (κ3) is 1.15. The van der Waals surface area contributed by atoms with Gasteiger partial charge >= 0.3 is 0 Å². The van der Waals surface area contributed by atoms with Gasteiger partial charge in [0.1, 0.15) is 11.3 Å². The van der Waals surface area contributed by atoms with Gasteiger partial charge in [0.25, 0.3) is 0 Å². The van der Waals surface area contributed by atoms with E-state index < -0.39 is 0 Å². The van der Waals surface area contributed by atoms with E-state index in [9.17, 15) is 0 Å². The molecular formula is C11H9N3O. The van der Waals surface area contributed by atoms with E-state index in [-0.39, 0.29) is 0 Å². The maximum Gasteiger partial charge on any atom is 0.206 e. The van der Waals surface area contributed by atoms with Gasteiger partial charge in [0.05, 0.1) is 6.26 Å². The highest BCUT2D eigenvalue weighted by Gasteiger charge is 2.10. The van der Waals surface area contributed by atoms with Crippen LogP contribution in [0, 0.1) is 6.92 Å². The monoisotopic (exact) mass is 199 g/mol. The Hall–Kier alpha value is -2.10. The smallest absolute Gasteiger partial charge is 0.206 e. The molecule has 0 aliphatic rings. The first-order chi connectivity index (χ1) is 7.36. The van der Waals surface area contributed by atoms with E-state index in [0.29, 0.717) is 0 Å². The van der Waals surface area contributed by atoms with Crippen LogP contribution in [0.5, 0.6) is 0 Å². The number of aryl methyl sites for hydroxylation is 1. The first kappa shape index (κ1) is 8.23. The third-order valence-electron chi connectivity index (χ3n) is 2.31. The normalized spacial score (nSPS) is 11.0. The fourth-order valence-corrected chi connectivity index (χ4v) is 1.69. The highest BCUT2D eigenvalue weighted by molar-refractivity contribution is 5.72. The van der Waals surface area contributed by atoms with Crippen molar-refractivity contribution in [3.05, 3.63) is 42.5 Å². The first-order valence-electron chi connectivity index (χ1n) is 4.70. The summed E-state index contributed by atoms with van der Waals surface area (Å²) in [6.45, 7) is 1.93. The summed E-state index contributed by atoms with van der Waals surface area (Å²) in [6, 6.07) is 7.56. The molecule has 3 aromatic heterocycles. The van der Waals surface area contributed by atoms with Crippen molar-refractivity contribution in [2.75, 3.05) is 0 Å². The van der Waals surface area contributed by atoms with Crippen LogP contribution in [0.3, 0.4) is 0 Å². The molecule has 0 aliphatic carbocycles. The maximum atomic E-state index is 5.35. The first-order valence-corrected chi connectivity index (χ1v) is 4.70. The van der Waals surface area contributed by atoms with E-state index in [2.05, 4.69) is 9.97 Å². The lowest BCUT2D eigenvalue weighted by Crippen LogP contribution is -1.95. The van der Waals surface area contributed by atoms with Crippen LogP contribution in [0.4, 0.5) is 0 Å². The van der Waals surface area contributed by atoms with Gasteiger partial charge in [-0.1, -0.05) is 0 Å². The number of aromatic nitrogens is 3. The van der Waals surface area contributed by atoms with Crippen LogP contribution in [-0.2, 0) is 0 Å². The van der Waals surface area contributed by atoms with Crippen LogP contribution in [-0.4, -0.2) is 14.5 Å². The molecule has 4 nitrogen and oxygen atoms in total. The molecule has 0 spiro atoms. The van der Waals surface area contributed by atoms with E-state index in [1.54, 1.807) is 12.5 Å². The quantitative estimate of drug-likeness (QED) is 0.604. The number of pyridine rings is 1. The number of hydrogen-bond acceptors (Lipinski definition) is 3. The van der Waals surface area contributed by atoms with Crippen LogP contribution in [0.15, 0.2) is 41.1 Å². The Morgan fingerprint density at radius 3 is 3.00 bits per heavy atom. The Morgan fingerprint density at radius 1 is 1.27 bits per heavy atom. The molecule has 0 saturated carbocycles. The van der Waals surface area contributed by atoms with Crippen molar-refractivity contribution in [2.24, 2.45) is 0 Å². The van der Waals surface area contributed by atoms with Gasteiger partial charge in [0.2, 0.25) is 5.88 Å². The number of imidazole rings is 1. The van der Waals surface area contributed by atoms with E-state index in [0.717, 1.165) is 22.9 Å². The van der Waals surface area contributed by atoms with Crippen molar-refractivity contribution in [3.8, 4) is 5.88 Å². The van der Waals surface area contributed by atoms with Crippen molar-refractivity contribution >= 4 is 11.2 Å². The number of furan rings is 1. The number of fused-ring (bicyclic) bond motifs is 1. The van der Waals surface area contributed by atoms with Gasteiger partial charge in [-0.05, 0) is 25.1 Å². The molecule has 0 fully saturated rings. The molecule has 3 aromatic rings. The number of nitrogens with zero attached hydrogens (tertiary/aromatic N) is 3. The Morgan fingerprint density at radius 2 is 2.20 bits per heavy atom. The molecule has 0 atom stereocenters. The molecule has 0 saturated heterocycles. The van der Waals surface area contributed by atoms with Crippen LogP contribution >= 0.6 is 0 Å². The molecule has 0 radical (unpaired) electrons. The minimum absolute atomic E-state index is 0.744. The lowest BCUT2D eigenvalue weighted by atomic mass is 10.4. The predicted molar refractivity (Wildman–Crippen MR) is 55.9 cm³/mol. The second-order valence-corrected chi connectivity index (χ2v) is 3.29. The lowest BCUT2D eigenvalue weighted by Gasteiger charge is -1.99. The van der Waals surface area contributed by atoms with E-state index in [4.69, 9.17) is 4.42 Å². The zero-order valence-corrected chi connectivity index (χ0v) is 8.21. The van der Waals surface area contributed by atoms with Crippen LogP contribution in [0.25, 0.3) is 17.0 Å². The Balaban J connectivity index is 2.39. The van der Waals surface area contributed by atoms with Gasteiger partial charge < -0.3 is 4.42 Å². The average molecular weight is 199 g/mol. The van der Waals surface area contributed by atoms with Crippen LogP contribution in [0.2, 0.25) is 0 Å². The molecule has 0 aliphatic heterocycles. The standard InChI is InChI=1S/C11H9N3O/c1-8-13-9-4-2-6-12-11(9)14(8)10-5-3-7-15-10/h2-7H,1H3. The minimum Gasteiger partial charge on any atom is -0.448 e. The van der Waals surface area contributed by atoms with Gasteiger partial charge in [-0.3, -0.25) is 4.57 Å². The topological polar surface area (TPSA) is 43.9 Å². The zero-order valence-electron chi connectivity index (χ0n) is 8.21. The molecule has 74 valence electrons. The number of rotatable bonds is 1. The van der Waals surface area contributed by atoms with Gasteiger partial charge in [-0.2, -0.15) is 0 Å². The van der Waals surface area contributed by atoms with Crippen molar-refractivity contribution in [1.29, 1.82) is 0 Å². The molecule has 0 N–H and O–H groups in total. The fourth-order valence-electron chi connectivity index (χ4n) is 1.69. The second kappa shape index (κ2) is 2.95. The van der Waals surface area contributed by atoms with E-state index in [1.165, 1.54) is 0 Å². The average Bonchev–Trinajstić information content (AvgIpc) is 2.82. The Kier molecular flexibility index (Phi) is 1.62. The summed E-state index contributed by atoms with van der Waals surface area (Å²) in [4.78, 5) is 8.71. The molecule has 0 unspecified atom stereocenters. The van der Waals surface area contributed by atoms with Crippen molar-refractivity contribution in [3.63, 3.8) is 0 Å². The van der Waals surface area contributed by atoms with Gasteiger partial charge in [0, 0.05) is 12.3 Å². The van der Waals surface area contributed by atoms with Gasteiger partial charge in [-0.25, -0.2) is 9.97 Å². The maximum absolute atomic E-state index is 5.35. The Labute approximate surface area is 86.2 Å². The molecule has 0 aromatic carbocycles. The molecule has 0 amide bonds. The zero-order chi connectivity index (χ0) is 10.3. The SMILES string of the molecule is Cc1nc2cccnc2n1-c1ccco1. The lowest BCUT2D eigenvalue weighted by molar-refractivity contribution is 0.538. The van der Waals surface area contributed by atoms with Gasteiger partial charge in [0.15, 0.2) is 5.65 Å². The van der Waals surface area contributed by atoms with E-state index in [1.807, 2.05) is 35.8 Å². The summed E-state index contributed by atoms with van der Waals surface area (Å²) in [7, 11) is 0. The summed E-state index contributed by atoms with van der Waals surface area (Å²) in [5.74, 6) is 1.62. The summed E-state index contributed by atoms with van der Waals surface area (Å²) in [6.07, 6.45) is 3.40. The Bertz CT molecular complexity index is 595. The second-order valence-electron chi connectivity index (χ2n) is 3.29. The number of hydrogen-bond donors (Lipinski definition) is 0. The van der Waals surface area contributed by atoms with Crippen molar-refractivity contribution < 1.29 is 4.42 Å². The van der Waals surface area contributed by atoms with Crippen molar-refractivity contribution in [1.82, 2.24) is 14.5 Å². The highest BCUT2D eigenvalue weighted by Crippen LogP contribution is 2.18. The summed E-state index contributed by atoms with van der Waals surface area (Å²) in [5, 5.41) is 0. The van der Waals surface area contributed by atoms with Crippen LogP contribution in [0.1, 0.15) is 5.82 Å². The molecule has 0 bridgehead atoms. The largest absolute Gasteiger partial charge is 0.448 e. The summed E-state index contributed by atoms with van der Waals surface area (Å²) >= 11 is 0. The molecule has 3 heterocycles. The molecule has 3 rings (SSSR count).